The molecule has 0 saturated heterocycles. The summed E-state index contributed by atoms with van der Waals surface area (Å²) in [6.07, 6.45) is 4.50. The van der Waals surface area contributed by atoms with Crippen molar-refractivity contribution in [1.82, 2.24) is 5.32 Å². The molecule has 0 aromatic rings. The molecule has 3 nitrogen and oxygen atoms in total. The van der Waals surface area contributed by atoms with Gasteiger partial charge in [-0.25, -0.2) is 0 Å². The fourth-order valence-electron chi connectivity index (χ4n) is 0.383. The third-order valence-electron chi connectivity index (χ3n) is 1.29. The van der Waals surface area contributed by atoms with Crippen molar-refractivity contribution in [2.45, 2.75) is 33.1 Å². The summed E-state index contributed by atoms with van der Waals surface area (Å²) in [5, 5.41) is 10.8. The summed E-state index contributed by atoms with van der Waals surface area (Å²) in [6.45, 7) is 3.99. The smallest absolute Gasteiger partial charge is 0.222 e. The number of aliphatic hydroxyl groups is 1. The van der Waals surface area contributed by atoms with Gasteiger partial charge in [-0.15, -0.1) is 0 Å². The summed E-state index contributed by atoms with van der Waals surface area (Å²) >= 11 is 0. The van der Waals surface area contributed by atoms with Crippen LogP contribution < -0.4 is 5.32 Å². The van der Waals surface area contributed by atoms with E-state index in [4.69, 9.17) is 5.11 Å². The van der Waals surface area contributed by atoms with Crippen LogP contribution in [0.4, 0.5) is 0 Å². The summed E-state index contributed by atoms with van der Waals surface area (Å²) in [5.41, 5.74) is 0. The zero-order valence-electron chi connectivity index (χ0n) is 7.97. The van der Waals surface area contributed by atoms with Crippen LogP contribution in [0.25, 0.3) is 0 Å². The molecule has 1 aliphatic rings. The van der Waals surface area contributed by atoms with E-state index in [0.29, 0.717) is 6.54 Å². The van der Waals surface area contributed by atoms with E-state index in [-0.39, 0.29) is 18.4 Å². The van der Waals surface area contributed by atoms with Crippen molar-refractivity contribution in [2.24, 2.45) is 5.92 Å². The molecule has 1 rings (SSSR count). The monoisotopic (exact) mass is 173 g/mol. The van der Waals surface area contributed by atoms with Crippen molar-refractivity contribution < 1.29 is 9.90 Å². The van der Waals surface area contributed by atoms with E-state index in [9.17, 15) is 4.79 Å². The molecule has 3 heteroatoms. The number of carbonyl (C=O) groups excluding carboxylic acids is 1. The fourth-order valence-corrected chi connectivity index (χ4v) is 0.383. The zero-order chi connectivity index (χ0) is 9.40. The first-order valence-corrected chi connectivity index (χ1v) is 4.57. The molecule has 1 amide bonds. The lowest BCUT2D eigenvalue weighted by Crippen LogP contribution is -2.29. The zero-order valence-corrected chi connectivity index (χ0v) is 7.97. The maximum atomic E-state index is 10.7. The lowest BCUT2D eigenvalue weighted by Gasteiger charge is -2.04. The highest BCUT2D eigenvalue weighted by molar-refractivity contribution is 5.77. The minimum absolute atomic E-state index is 0.0101. The lowest BCUT2D eigenvalue weighted by atomic mass is 10.2. The van der Waals surface area contributed by atoms with E-state index >= 15 is 0 Å². The molecule has 0 unspecified atom stereocenters. The van der Waals surface area contributed by atoms with Gasteiger partial charge in [0, 0.05) is 12.5 Å². The average Bonchev–Trinajstić information content (AvgIpc) is 2.85. The van der Waals surface area contributed by atoms with Crippen LogP contribution in [-0.4, -0.2) is 24.2 Å². The first kappa shape index (κ1) is 11.4. The van der Waals surface area contributed by atoms with E-state index in [1.807, 2.05) is 13.8 Å². The van der Waals surface area contributed by atoms with Crippen LogP contribution >= 0.6 is 0 Å². The lowest BCUT2D eigenvalue weighted by molar-refractivity contribution is -0.124. The summed E-state index contributed by atoms with van der Waals surface area (Å²) in [6, 6.07) is 0. The van der Waals surface area contributed by atoms with Crippen LogP contribution in [-0.2, 0) is 4.79 Å². The van der Waals surface area contributed by atoms with Crippen molar-refractivity contribution in [2.75, 3.05) is 13.2 Å². The summed E-state index contributed by atoms with van der Waals surface area (Å²) in [4.78, 5) is 10.7. The quantitative estimate of drug-likeness (QED) is 0.666. The predicted molar refractivity (Wildman–Crippen MR) is 48.8 cm³/mol. The second-order valence-corrected chi connectivity index (χ2v) is 3.23. The maximum Gasteiger partial charge on any atom is 0.222 e. The van der Waals surface area contributed by atoms with Gasteiger partial charge in [0.1, 0.15) is 0 Å². The highest BCUT2D eigenvalue weighted by Gasteiger charge is 2.03. The molecule has 0 aromatic heterocycles. The molecule has 1 aliphatic carbocycles. The topological polar surface area (TPSA) is 49.3 Å². The first-order valence-electron chi connectivity index (χ1n) is 4.57. The van der Waals surface area contributed by atoms with Crippen molar-refractivity contribution in [3.05, 3.63) is 0 Å². The largest absolute Gasteiger partial charge is 0.395 e. The molecule has 0 aliphatic heterocycles. The highest BCUT2D eigenvalue weighted by atomic mass is 16.3. The van der Waals surface area contributed by atoms with Gasteiger partial charge in [-0.3, -0.25) is 4.79 Å². The minimum atomic E-state index is -0.0101. The summed E-state index contributed by atoms with van der Waals surface area (Å²) < 4.78 is 0. The molecule has 72 valence electrons. The number of hydrogen-bond donors (Lipinski definition) is 2. The minimum Gasteiger partial charge on any atom is -0.395 e. The van der Waals surface area contributed by atoms with Gasteiger partial charge in [0.15, 0.2) is 0 Å². The number of amides is 1. The molecule has 0 aromatic carbocycles. The second-order valence-electron chi connectivity index (χ2n) is 3.23. The van der Waals surface area contributed by atoms with Crippen LogP contribution in [0.3, 0.4) is 0 Å². The first-order chi connectivity index (χ1) is 5.68. The van der Waals surface area contributed by atoms with Crippen molar-refractivity contribution in [3.8, 4) is 0 Å². The Hall–Kier alpha value is -0.570. The van der Waals surface area contributed by atoms with Gasteiger partial charge in [0.05, 0.1) is 6.61 Å². The third kappa shape index (κ3) is 9.43. The fraction of sp³-hybridized carbons (Fsp3) is 0.889. The molecule has 1 fully saturated rings. The maximum absolute atomic E-state index is 10.7. The molecule has 0 spiro atoms. The highest BCUT2D eigenvalue weighted by Crippen LogP contribution is 2.14. The number of nitrogens with one attached hydrogen (secondary N) is 1. The van der Waals surface area contributed by atoms with E-state index in [2.05, 4.69) is 5.32 Å². The molecule has 0 radical (unpaired) electrons. The third-order valence-corrected chi connectivity index (χ3v) is 1.29. The van der Waals surface area contributed by atoms with E-state index in [0.717, 1.165) is 0 Å². The van der Waals surface area contributed by atoms with Gasteiger partial charge in [-0.2, -0.15) is 0 Å². The Morgan fingerprint density at radius 1 is 1.42 bits per heavy atom. The van der Waals surface area contributed by atoms with Crippen LogP contribution in [0.2, 0.25) is 0 Å². The summed E-state index contributed by atoms with van der Waals surface area (Å²) in [7, 11) is 0. The Labute approximate surface area is 74.2 Å². The Balaban J connectivity index is 0.000000330. The van der Waals surface area contributed by atoms with Crippen LogP contribution in [0.15, 0.2) is 0 Å². The van der Waals surface area contributed by atoms with Crippen LogP contribution in [0.1, 0.15) is 33.1 Å². The van der Waals surface area contributed by atoms with Crippen molar-refractivity contribution in [3.63, 3.8) is 0 Å². The Morgan fingerprint density at radius 2 is 1.92 bits per heavy atom. The van der Waals surface area contributed by atoms with E-state index in [1.54, 1.807) is 0 Å². The molecule has 2 N–H and O–H groups in total. The number of hydrogen-bond acceptors (Lipinski definition) is 2. The number of rotatable bonds is 3. The molecule has 12 heavy (non-hydrogen) atoms. The molecular formula is C9H19NO2. The average molecular weight is 173 g/mol. The molecule has 0 bridgehead atoms. The predicted octanol–water partition coefficient (Wildman–Crippen LogP) is 0.921. The molecular weight excluding hydrogens is 154 g/mol. The van der Waals surface area contributed by atoms with E-state index in [1.165, 1.54) is 19.3 Å². The van der Waals surface area contributed by atoms with E-state index < -0.39 is 0 Å². The van der Waals surface area contributed by atoms with Gasteiger partial charge >= 0.3 is 0 Å². The van der Waals surface area contributed by atoms with Crippen molar-refractivity contribution in [1.29, 1.82) is 0 Å². The SMILES string of the molecule is C1CC1.CC(C)C(=O)NCCO. The van der Waals surface area contributed by atoms with Crippen LogP contribution in [0, 0.1) is 5.92 Å². The molecule has 0 heterocycles. The number of carbonyl (C=O) groups is 1. The Kier molecular flexibility index (Phi) is 6.76. The van der Waals surface area contributed by atoms with Gasteiger partial charge < -0.3 is 10.4 Å². The molecule has 0 atom stereocenters. The number of aliphatic hydroxyl groups excluding tert-OH is 1. The molecule has 1 saturated carbocycles. The van der Waals surface area contributed by atoms with Crippen LogP contribution in [0.5, 0.6) is 0 Å². The van der Waals surface area contributed by atoms with Gasteiger partial charge in [0.2, 0.25) is 5.91 Å². The standard InChI is InChI=1S/C6H13NO2.C3H6/c1-5(2)6(9)7-3-4-8;1-2-3-1/h5,8H,3-4H2,1-2H3,(H,7,9);1-3H2. The van der Waals surface area contributed by atoms with Gasteiger partial charge in [-0.05, 0) is 0 Å². The summed E-state index contributed by atoms with van der Waals surface area (Å²) in [5.74, 6) is 0.000556. The Morgan fingerprint density at radius 3 is 2.17 bits per heavy atom. The second kappa shape index (κ2) is 7.10. The van der Waals surface area contributed by atoms with Gasteiger partial charge in [-0.1, -0.05) is 33.1 Å². The Bertz CT molecular complexity index is 119. The normalized spacial score (nSPS) is 13.3. The van der Waals surface area contributed by atoms with Gasteiger partial charge in [0.25, 0.3) is 0 Å². The van der Waals surface area contributed by atoms with Crippen molar-refractivity contribution >= 4 is 5.91 Å².